The topological polar surface area (TPSA) is 120 Å². The number of hydrogen-bond donors (Lipinski definition) is 3. The van der Waals surface area contributed by atoms with Crippen molar-refractivity contribution in [3.63, 3.8) is 0 Å². The van der Waals surface area contributed by atoms with E-state index in [2.05, 4.69) is 20.2 Å². The zero-order chi connectivity index (χ0) is 23.7. The third-order valence-corrected chi connectivity index (χ3v) is 7.47. The van der Waals surface area contributed by atoms with Gasteiger partial charge in [0.05, 0.1) is 21.9 Å². The first kappa shape index (κ1) is 23.1. The van der Waals surface area contributed by atoms with Gasteiger partial charge < -0.3 is 21.1 Å². The summed E-state index contributed by atoms with van der Waals surface area (Å²) in [6.45, 7) is 1.46. The van der Waals surface area contributed by atoms with Crippen molar-refractivity contribution in [3.05, 3.63) is 34.4 Å². The molecule has 1 aliphatic heterocycles. The summed E-state index contributed by atoms with van der Waals surface area (Å²) >= 11 is 12.7. The van der Waals surface area contributed by atoms with Crippen LogP contribution in [0, 0.1) is 5.92 Å². The number of nitrogens with one attached hydrogen (secondary N) is 2. The predicted octanol–water partition coefficient (Wildman–Crippen LogP) is 4.68. The van der Waals surface area contributed by atoms with Crippen molar-refractivity contribution in [1.82, 2.24) is 19.5 Å². The van der Waals surface area contributed by atoms with Crippen LogP contribution in [0.2, 0.25) is 10.0 Å². The number of nitrogens with zero attached hydrogens (tertiary/aromatic N) is 4. The molecule has 1 saturated carbocycles. The number of fused-ring (bicyclic) bond motifs is 1. The third kappa shape index (κ3) is 4.78. The number of hydrogen-bond acceptors (Lipinski definition) is 7. The summed E-state index contributed by atoms with van der Waals surface area (Å²) in [5.74, 6) is 0.853. The number of carbonyl (C=O) groups is 1. The number of ether oxygens (including phenoxy) is 1. The third-order valence-electron chi connectivity index (χ3n) is 6.65. The number of benzene rings is 1. The van der Waals surface area contributed by atoms with Crippen molar-refractivity contribution in [3.8, 4) is 0 Å². The highest BCUT2D eigenvalue weighted by Crippen LogP contribution is 2.38. The standard InChI is InChI=1S/C23H27Cl2N7O2/c24-16-2-1-3-17(19(16)25)29-23-30-18-12-27-22(28-14-8-10-34-11-9-14)31-21(18)32(23)15-6-4-13(5-7-15)20(26)33/h1-3,12-15H,4-11H2,(H2,26,33)(H,29,30)(H,27,28,31)/t13-,15+. The molecule has 2 aliphatic rings. The van der Waals surface area contributed by atoms with Gasteiger partial charge in [-0.2, -0.15) is 4.98 Å². The van der Waals surface area contributed by atoms with Crippen molar-refractivity contribution >= 4 is 57.9 Å². The Bertz CT molecular complexity index is 1190. The summed E-state index contributed by atoms with van der Waals surface area (Å²) in [7, 11) is 0. The highest BCUT2D eigenvalue weighted by Gasteiger charge is 2.29. The number of anilines is 3. The predicted molar refractivity (Wildman–Crippen MR) is 133 cm³/mol. The minimum Gasteiger partial charge on any atom is -0.381 e. The molecule has 1 amide bonds. The molecule has 0 atom stereocenters. The van der Waals surface area contributed by atoms with Crippen molar-refractivity contribution in [2.45, 2.75) is 50.6 Å². The Kier molecular flexibility index (Phi) is 6.76. The normalized spacial score (nSPS) is 21.5. The fourth-order valence-electron chi connectivity index (χ4n) is 4.76. The number of nitrogens with two attached hydrogens (primary N) is 1. The fourth-order valence-corrected chi connectivity index (χ4v) is 5.11. The van der Waals surface area contributed by atoms with E-state index in [1.165, 1.54) is 0 Å². The SMILES string of the molecule is NC(=O)[C@H]1CC[C@@H](n2c(Nc3cccc(Cl)c3Cl)nc3cnc(NC4CCOCC4)nc32)CC1. The average Bonchev–Trinajstić information content (AvgIpc) is 3.20. The quantitative estimate of drug-likeness (QED) is 0.446. The van der Waals surface area contributed by atoms with E-state index in [4.69, 9.17) is 43.6 Å². The van der Waals surface area contributed by atoms with E-state index in [-0.39, 0.29) is 23.9 Å². The number of amides is 1. The van der Waals surface area contributed by atoms with E-state index in [1.54, 1.807) is 12.3 Å². The van der Waals surface area contributed by atoms with Gasteiger partial charge in [0, 0.05) is 31.2 Å². The second kappa shape index (κ2) is 9.93. The summed E-state index contributed by atoms with van der Waals surface area (Å²) in [6, 6.07) is 5.80. The van der Waals surface area contributed by atoms with Crippen molar-refractivity contribution in [2.75, 3.05) is 23.8 Å². The molecule has 2 fully saturated rings. The van der Waals surface area contributed by atoms with E-state index in [9.17, 15) is 4.79 Å². The van der Waals surface area contributed by atoms with Gasteiger partial charge in [-0.25, -0.2) is 9.97 Å². The number of primary amides is 1. The molecule has 180 valence electrons. The molecule has 34 heavy (non-hydrogen) atoms. The minimum absolute atomic E-state index is 0.0924. The number of rotatable bonds is 6. The van der Waals surface area contributed by atoms with Crippen LogP contribution in [-0.4, -0.2) is 44.7 Å². The Morgan fingerprint density at radius 3 is 2.59 bits per heavy atom. The molecule has 5 rings (SSSR count). The Labute approximate surface area is 207 Å². The maximum Gasteiger partial charge on any atom is 0.224 e. The molecule has 2 aromatic heterocycles. The summed E-state index contributed by atoms with van der Waals surface area (Å²) in [6.07, 6.45) is 6.62. The zero-order valence-electron chi connectivity index (χ0n) is 18.6. The number of aromatic nitrogens is 4. The molecule has 11 heteroatoms. The maximum absolute atomic E-state index is 11.7. The van der Waals surface area contributed by atoms with E-state index >= 15 is 0 Å². The molecular weight excluding hydrogens is 477 g/mol. The summed E-state index contributed by atoms with van der Waals surface area (Å²) in [4.78, 5) is 25.8. The zero-order valence-corrected chi connectivity index (χ0v) is 20.1. The Morgan fingerprint density at radius 1 is 1.09 bits per heavy atom. The van der Waals surface area contributed by atoms with Gasteiger partial charge in [0.25, 0.3) is 0 Å². The molecule has 0 radical (unpaired) electrons. The molecule has 3 aromatic rings. The lowest BCUT2D eigenvalue weighted by Crippen LogP contribution is -2.29. The molecular formula is C23H27Cl2N7O2. The van der Waals surface area contributed by atoms with Gasteiger partial charge in [-0.3, -0.25) is 9.36 Å². The molecule has 3 heterocycles. The van der Waals surface area contributed by atoms with Crippen LogP contribution in [0.15, 0.2) is 24.4 Å². The summed E-state index contributed by atoms with van der Waals surface area (Å²) < 4.78 is 7.55. The van der Waals surface area contributed by atoms with Gasteiger partial charge in [0.15, 0.2) is 5.65 Å². The monoisotopic (exact) mass is 503 g/mol. The van der Waals surface area contributed by atoms with Crippen LogP contribution in [0.5, 0.6) is 0 Å². The van der Waals surface area contributed by atoms with Gasteiger partial charge >= 0.3 is 0 Å². The summed E-state index contributed by atoms with van der Waals surface area (Å²) in [5.41, 5.74) is 7.62. The molecule has 0 spiro atoms. The van der Waals surface area contributed by atoms with E-state index in [0.29, 0.717) is 33.1 Å². The van der Waals surface area contributed by atoms with Gasteiger partial charge in [0.2, 0.25) is 17.8 Å². The highest BCUT2D eigenvalue weighted by molar-refractivity contribution is 6.43. The average molecular weight is 504 g/mol. The van der Waals surface area contributed by atoms with Crippen LogP contribution in [0.4, 0.5) is 17.6 Å². The van der Waals surface area contributed by atoms with E-state index in [1.807, 2.05) is 12.1 Å². The van der Waals surface area contributed by atoms with Crippen LogP contribution < -0.4 is 16.4 Å². The van der Waals surface area contributed by atoms with Gasteiger partial charge in [-0.05, 0) is 50.7 Å². The Balaban J connectivity index is 1.51. The lowest BCUT2D eigenvalue weighted by molar-refractivity contribution is -0.122. The second-order valence-corrected chi connectivity index (χ2v) is 9.66. The lowest BCUT2D eigenvalue weighted by Gasteiger charge is -2.29. The van der Waals surface area contributed by atoms with Gasteiger partial charge in [-0.15, -0.1) is 0 Å². The number of carbonyl (C=O) groups excluding carboxylic acids is 1. The fraction of sp³-hybridized carbons (Fsp3) is 0.478. The van der Waals surface area contributed by atoms with E-state index in [0.717, 1.165) is 57.4 Å². The largest absolute Gasteiger partial charge is 0.381 e. The van der Waals surface area contributed by atoms with Crippen LogP contribution in [-0.2, 0) is 9.53 Å². The first-order valence-corrected chi connectivity index (χ1v) is 12.3. The Morgan fingerprint density at radius 2 is 1.85 bits per heavy atom. The molecule has 9 nitrogen and oxygen atoms in total. The second-order valence-electron chi connectivity index (χ2n) is 8.87. The molecule has 1 aliphatic carbocycles. The Hall–Kier alpha value is -2.62. The van der Waals surface area contributed by atoms with Crippen molar-refractivity contribution in [2.24, 2.45) is 11.7 Å². The van der Waals surface area contributed by atoms with Gasteiger partial charge in [0.1, 0.15) is 5.52 Å². The summed E-state index contributed by atoms with van der Waals surface area (Å²) in [5, 5.41) is 7.66. The molecule has 1 aromatic carbocycles. The van der Waals surface area contributed by atoms with Crippen LogP contribution in [0.1, 0.15) is 44.6 Å². The molecule has 0 unspecified atom stereocenters. The van der Waals surface area contributed by atoms with Crippen molar-refractivity contribution < 1.29 is 9.53 Å². The molecule has 0 bridgehead atoms. The number of imidazole rings is 1. The number of halogens is 2. The van der Waals surface area contributed by atoms with E-state index < -0.39 is 0 Å². The lowest BCUT2D eigenvalue weighted by atomic mass is 9.85. The minimum atomic E-state index is -0.233. The highest BCUT2D eigenvalue weighted by atomic mass is 35.5. The first-order chi connectivity index (χ1) is 16.5. The van der Waals surface area contributed by atoms with Crippen LogP contribution >= 0.6 is 23.2 Å². The maximum atomic E-state index is 11.7. The van der Waals surface area contributed by atoms with Crippen LogP contribution in [0.25, 0.3) is 11.2 Å². The molecule has 1 saturated heterocycles. The molecule has 4 N–H and O–H groups in total. The smallest absolute Gasteiger partial charge is 0.224 e. The first-order valence-electron chi connectivity index (χ1n) is 11.6. The van der Waals surface area contributed by atoms with Crippen molar-refractivity contribution in [1.29, 1.82) is 0 Å². The van der Waals surface area contributed by atoms with Gasteiger partial charge in [-0.1, -0.05) is 29.3 Å². The van der Waals surface area contributed by atoms with Crippen LogP contribution in [0.3, 0.4) is 0 Å².